The molecule has 0 unspecified atom stereocenters. The van der Waals surface area contributed by atoms with Crippen LogP contribution in [0, 0.1) is 0 Å². The maximum Gasteiger partial charge on any atom is 0.342 e. The predicted octanol–water partition coefficient (Wildman–Crippen LogP) is -1.46. The maximum atomic E-state index is 11.3. The minimum atomic E-state index is -4.36. The summed E-state index contributed by atoms with van der Waals surface area (Å²) in [5, 5.41) is 11.1. The summed E-state index contributed by atoms with van der Waals surface area (Å²) >= 11 is 0. The lowest BCUT2D eigenvalue weighted by Crippen LogP contribution is -2.47. The molecule has 0 aromatic rings. The third-order valence-corrected chi connectivity index (χ3v) is 3.58. The first-order chi connectivity index (χ1) is 8.55. The van der Waals surface area contributed by atoms with E-state index in [2.05, 4.69) is 5.32 Å². The molecule has 0 aromatic carbocycles. The molecule has 1 amide bonds. The molecule has 0 rings (SSSR count). The van der Waals surface area contributed by atoms with E-state index >= 15 is 0 Å². The number of hydrogen-bond acceptors (Lipinski definition) is 5. The largest absolute Gasteiger partial charge is 0.480 e. The van der Waals surface area contributed by atoms with E-state index in [1.165, 1.54) is 6.92 Å². The number of amides is 1. The molecule has 0 fully saturated rings. The lowest BCUT2D eigenvalue weighted by molar-refractivity contribution is -0.142. The summed E-state index contributed by atoms with van der Waals surface area (Å²) in [5.74, 6) is -3.17. The summed E-state index contributed by atoms with van der Waals surface area (Å²) < 4.78 is 10.8. The monoisotopic (exact) mass is 297 g/mol. The van der Waals surface area contributed by atoms with Gasteiger partial charge in [-0.3, -0.25) is 9.36 Å². The molecule has 10 heteroatoms. The number of carbonyl (C=O) groups is 2. The van der Waals surface area contributed by atoms with Gasteiger partial charge in [-0.25, -0.2) is 4.79 Å². The number of carboxylic acids is 1. The van der Waals surface area contributed by atoms with Gasteiger partial charge in [-0.05, 0) is 26.2 Å². The molecule has 0 saturated carbocycles. The fourth-order valence-electron chi connectivity index (χ4n) is 1.26. The minimum absolute atomic E-state index is 0.0154. The Kier molecular flexibility index (Phi) is 7.17. The van der Waals surface area contributed by atoms with Crippen molar-refractivity contribution in [1.29, 1.82) is 0 Å². The Morgan fingerprint density at radius 3 is 2.16 bits per heavy atom. The van der Waals surface area contributed by atoms with Crippen LogP contribution in [-0.4, -0.2) is 44.6 Å². The Hall–Kier alpha value is -0.990. The summed E-state index contributed by atoms with van der Waals surface area (Å²) in [5.41, 5.74) is 10.5. The number of aliphatic carboxylic acids is 1. The van der Waals surface area contributed by atoms with Crippen LogP contribution in [0.2, 0.25) is 0 Å². The highest BCUT2D eigenvalue weighted by Gasteiger charge is 2.26. The third kappa shape index (κ3) is 7.24. The van der Waals surface area contributed by atoms with E-state index in [-0.39, 0.29) is 19.3 Å². The van der Waals surface area contributed by atoms with E-state index < -0.39 is 37.3 Å². The van der Waals surface area contributed by atoms with Crippen molar-refractivity contribution in [3.8, 4) is 0 Å². The van der Waals surface area contributed by atoms with Crippen LogP contribution in [0.1, 0.15) is 26.2 Å². The van der Waals surface area contributed by atoms with Gasteiger partial charge in [0.05, 0.1) is 6.04 Å². The van der Waals surface area contributed by atoms with Crippen LogP contribution in [0.3, 0.4) is 0 Å². The highest BCUT2D eigenvalue weighted by Crippen LogP contribution is 2.40. The fourth-order valence-corrected chi connectivity index (χ4v) is 1.78. The van der Waals surface area contributed by atoms with Crippen LogP contribution in [0.5, 0.6) is 0 Å². The number of hydrogen-bond donors (Lipinski definition) is 6. The van der Waals surface area contributed by atoms with Gasteiger partial charge in [0.25, 0.3) is 0 Å². The van der Waals surface area contributed by atoms with Gasteiger partial charge in [-0.15, -0.1) is 0 Å². The topological polar surface area (TPSA) is 176 Å². The van der Waals surface area contributed by atoms with E-state index in [0.29, 0.717) is 0 Å². The highest BCUT2D eigenvalue weighted by atomic mass is 31.2. The van der Waals surface area contributed by atoms with Crippen LogP contribution in [-0.2, 0) is 14.2 Å². The zero-order chi connectivity index (χ0) is 15.2. The van der Waals surface area contributed by atoms with Gasteiger partial charge in [-0.2, -0.15) is 0 Å². The molecule has 0 aromatic heterocycles. The number of carbonyl (C=O) groups excluding carboxylic acids is 1. The van der Waals surface area contributed by atoms with Gasteiger partial charge in [-0.1, -0.05) is 0 Å². The third-order valence-electron chi connectivity index (χ3n) is 2.45. The Bertz CT molecular complexity index is 369. The van der Waals surface area contributed by atoms with Gasteiger partial charge in [0, 0.05) is 0 Å². The van der Waals surface area contributed by atoms with Gasteiger partial charge >= 0.3 is 13.6 Å². The second-order valence-electron chi connectivity index (χ2n) is 4.28. The smallest absolute Gasteiger partial charge is 0.342 e. The van der Waals surface area contributed by atoms with E-state index in [1.807, 2.05) is 0 Å². The van der Waals surface area contributed by atoms with Crippen LogP contribution < -0.4 is 16.8 Å². The highest BCUT2D eigenvalue weighted by molar-refractivity contribution is 7.52. The minimum Gasteiger partial charge on any atom is -0.480 e. The Labute approximate surface area is 110 Å². The summed E-state index contributed by atoms with van der Waals surface area (Å²) in [7, 11) is -4.36. The molecule has 8 N–H and O–H groups in total. The maximum absolute atomic E-state index is 11.3. The zero-order valence-corrected chi connectivity index (χ0v) is 11.4. The van der Waals surface area contributed by atoms with Crippen LogP contribution in [0.4, 0.5) is 0 Å². The van der Waals surface area contributed by atoms with Crippen LogP contribution in [0.15, 0.2) is 0 Å². The second kappa shape index (κ2) is 7.56. The van der Waals surface area contributed by atoms with Crippen molar-refractivity contribution < 1.29 is 29.0 Å². The van der Waals surface area contributed by atoms with Crippen molar-refractivity contribution in [3.63, 3.8) is 0 Å². The Balaban J connectivity index is 4.28. The molecule has 19 heavy (non-hydrogen) atoms. The van der Waals surface area contributed by atoms with Gasteiger partial charge in [0.15, 0.2) is 0 Å². The summed E-state index contributed by atoms with van der Waals surface area (Å²) in [4.78, 5) is 39.7. The SMILES string of the molecule is C[C@H](N)C(=O)N[C@H](CCC[C@@H](N)P(=O)(O)O)C(=O)O. The van der Waals surface area contributed by atoms with E-state index in [9.17, 15) is 14.2 Å². The number of rotatable bonds is 8. The van der Waals surface area contributed by atoms with Crippen molar-refractivity contribution >= 4 is 19.5 Å². The zero-order valence-electron chi connectivity index (χ0n) is 10.5. The normalized spacial score (nSPS) is 16.5. The molecule has 0 heterocycles. The van der Waals surface area contributed by atoms with Crippen molar-refractivity contribution in [2.45, 2.75) is 44.1 Å². The predicted molar refractivity (Wildman–Crippen MR) is 67.1 cm³/mol. The van der Waals surface area contributed by atoms with Crippen molar-refractivity contribution in [3.05, 3.63) is 0 Å². The first-order valence-corrected chi connectivity index (χ1v) is 7.33. The second-order valence-corrected chi connectivity index (χ2v) is 6.12. The van der Waals surface area contributed by atoms with Gasteiger partial charge in [0.1, 0.15) is 11.8 Å². The fraction of sp³-hybridized carbons (Fsp3) is 0.778. The molecule has 0 radical (unpaired) electrons. The number of carboxylic acid groups (broad SMARTS) is 1. The number of nitrogens with two attached hydrogens (primary N) is 2. The van der Waals surface area contributed by atoms with E-state index in [4.69, 9.17) is 26.4 Å². The summed E-state index contributed by atoms with van der Waals surface area (Å²) in [6.07, 6.45) is 0.131. The molecule has 0 spiro atoms. The molecule has 0 bridgehead atoms. The van der Waals surface area contributed by atoms with Gasteiger partial charge in [0.2, 0.25) is 5.91 Å². The Morgan fingerprint density at radius 1 is 1.26 bits per heavy atom. The standard InChI is InChI=1S/C9H20N3O6P/c1-5(10)8(13)12-6(9(14)15)3-2-4-7(11)19(16,17)18/h5-7H,2-4,10-11H2,1H3,(H,12,13)(H,14,15)(H2,16,17,18)/t5-,6+,7-/m0/s1. The molecule has 0 saturated heterocycles. The van der Waals surface area contributed by atoms with Crippen molar-refractivity contribution in [1.82, 2.24) is 5.32 Å². The lowest BCUT2D eigenvalue weighted by Gasteiger charge is -2.17. The first kappa shape index (κ1) is 18.0. The molecular weight excluding hydrogens is 277 g/mol. The first-order valence-electron chi connectivity index (χ1n) is 5.65. The molecule has 0 aliphatic heterocycles. The average molecular weight is 297 g/mol. The van der Waals surface area contributed by atoms with E-state index in [1.54, 1.807) is 0 Å². The lowest BCUT2D eigenvalue weighted by atomic mass is 10.1. The molecule has 112 valence electrons. The number of nitrogens with one attached hydrogen (secondary N) is 1. The van der Waals surface area contributed by atoms with Crippen molar-refractivity contribution in [2.75, 3.05) is 0 Å². The molecule has 0 aliphatic rings. The molecule has 3 atom stereocenters. The quantitative estimate of drug-likeness (QED) is 0.294. The molecule has 0 aliphatic carbocycles. The summed E-state index contributed by atoms with van der Waals surface area (Å²) in [6, 6.07) is -1.98. The molecular formula is C9H20N3O6P. The van der Waals surface area contributed by atoms with E-state index in [0.717, 1.165) is 0 Å². The Morgan fingerprint density at radius 2 is 1.79 bits per heavy atom. The van der Waals surface area contributed by atoms with Crippen LogP contribution >= 0.6 is 7.60 Å². The summed E-state index contributed by atoms with van der Waals surface area (Å²) in [6.45, 7) is 1.41. The average Bonchev–Trinajstić information content (AvgIpc) is 2.25. The van der Waals surface area contributed by atoms with Gasteiger partial charge < -0.3 is 31.7 Å². The molecule has 9 nitrogen and oxygen atoms in total. The van der Waals surface area contributed by atoms with Crippen LogP contribution in [0.25, 0.3) is 0 Å². The van der Waals surface area contributed by atoms with Crippen molar-refractivity contribution in [2.24, 2.45) is 11.5 Å².